The second-order valence-corrected chi connectivity index (χ2v) is 7.82. The summed E-state index contributed by atoms with van der Waals surface area (Å²) in [7, 11) is 0. The average molecular weight is 334 g/mol. The summed E-state index contributed by atoms with van der Waals surface area (Å²) in [5.74, 6) is 0.390. The van der Waals surface area contributed by atoms with Gasteiger partial charge in [-0.25, -0.2) is 0 Å². The van der Waals surface area contributed by atoms with Crippen LogP contribution in [-0.2, 0) is 22.4 Å². The fraction of sp³-hybridized carbons (Fsp3) is 0.647. The first-order valence-corrected chi connectivity index (χ1v) is 9.31. The molecule has 2 amide bonds. The number of nitrogens with one attached hydrogen (secondary N) is 1. The Hall–Kier alpha value is -1.40. The van der Waals surface area contributed by atoms with Gasteiger partial charge in [0.05, 0.1) is 18.1 Å². The molecule has 0 radical (unpaired) electrons. The number of morpholine rings is 1. The minimum atomic E-state index is 0.0732. The van der Waals surface area contributed by atoms with Crippen LogP contribution in [0.4, 0.5) is 0 Å². The van der Waals surface area contributed by atoms with Crippen molar-refractivity contribution in [3.63, 3.8) is 0 Å². The summed E-state index contributed by atoms with van der Waals surface area (Å²) >= 11 is 1.61. The summed E-state index contributed by atoms with van der Waals surface area (Å²) < 4.78 is 5.31. The molecular weight excluding hydrogens is 312 g/mol. The molecular formula is C17H22N2O3S. The van der Waals surface area contributed by atoms with Gasteiger partial charge in [0.2, 0.25) is 5.91 Å². The summed E-state index contributed by atoms with van der Waals surface area (Å²) in [4.78, 5) is 28.8. The molecule has 1 saturated carbocycles. The highest BCUT2D eigenvalue weighted by molar-refractivity contribution is 7.14. The van der Waals surface area contributed by atoms with Crippen molar-refractivity contribution in [1.82, 2.24) is 10.2 Å². The lowest BCUT2D eigenvalue weighted by atomic mass is 9.87. The monoisotopic (exact) mass is 334 g/mol. The van der Waals surface area contributed by atoms with E-state index in [4.69, 9.17) is 4.74 Å². The van der Waals surface area contributed by atoms with Crippen molar-refractivity contribution >= 4 is 23.2 Å². The van der Waals surface area contributed by atoms with Crippen molar-refractivity contribution in [3.8, 4) is 0 Å². The molecule has 23 heavy (non-hydrogen) atoms. The first-order chi connectivity index (χ1) is 11.2. The van der Waals surface area contributed by atoms with Gasteiger partial charge in [0, 0.05) is 29.9 Å². The number of ether oxygens (including phenoxy) is 1. The van der Waals surface area contributed by atoms with Crippen molar-refractivity contribution in [1.29, 1.82) is 0 Å². The molecule has 0 bridgehead atoms. The SMILES string of the molecule is O=C(NC1CC1)[C@@H]1CCc2sc(C(=O)N3CCOCC3)cc2C1. The third kappa shape index (κ3) is 3.28. The van der Waals surface area contributed by atoms with Gasteiger partial charge in [-0.2, -0.15) is 0 Å². The molecule has 4 rings (SSSR count). The zero-order valence-electron chi connectivity index (χ0n) is 13.2. The Balaban J connectivity index is 1.44. The Kier molecular flexibility index (Phi) is 4.11. The molecule has 2 fully saturated rings. The molecule has 6 heteroatoms. The van der Waals surface area contributed by atoms with Gasteiger partial charge in [0.15, 0.2) is 0 Å². The summed E-state index contributed by atoms with van der Waals surface area (Å²) in [6.07, 6.45) is 4.85. The van der Waals surface area contributed by atoms with Crippen molar-refractivity contribution in [2.24, 2.45) is 5.92 Å². The van der Waals surface area contributed by atoms with E-state index in [2.05, 4.69) is 5.32 Å². The third-order valence-electron chi connectivity index (χ3n) is 4.89. The number of carbonyl (C=O) groups is 2. The molecule has 1 atom stereocenters. The normalized spacial score (nSPS) is 24.2. The van der Waals surface area contributed by atoms with Crippen LogP contribution in [0.5, 0.6) is 0 Å². The molecule has 1 aromatic rings. The van der Waals surface area contributed by atoms with Crippen molar-refractivity contribution in [2.75, 3.05) is 26.3 Å². The van der Waals surface area contributed by atoms with E-state index in [1.54, 1.807) is 11.3 Å². The lowest BCUT2D eigenvalue weighted by molar-refractivity contribution is -0.125. The highest BCUT2D eigenvalue weighted by Gasteiger charge is 2.31. The number of nitrogens with zero attached hydrogens (tertiary/aromatic N) is 1. The van der Waals surface area contributed by atoms with Crippen LogP contribution in [-0.4, -0.2) is 49.1 Å². The number of aryl methyl sites for hydroxylation is 1. The Bertz CT molecular complexity index is 617. The van der Waals surface area contributed by atoms with Crippen molar-refractivity contribution in [2.45, 2.75) is 38.1 Å². The first kappa shape index (κ1) is 15.1. The second-order valence-electron chi connectivity index (χ2n) is 6.69. The van der Waals surface area contributed by atoms with E-state index in [1.807, 2.05) is 11.0 Å². The smallest absolute Gasteiger partial charge is 0.264 e. The van der Waals surface area contributed by atoms with Crippen LogP contribution in [0.15, 0.2) is 6.07 Å². The Morgan fingerprint density at radius 3 is 2.74 bits per heavy atom. The van der Waals surface area contributed by atoms with Crippen LogP contribution in [0.1, 0.15) is 39.4 Å². The number of rotatable bonds is 3. The minimum absolute atomic E-state index is 0.0732. The van der Waals surface area contributed by atoms with Gasteiger partial charge in [0.25, 0.3) is 5.91 Å². The maximum Gasteiger partial charge on any atom is 0.264 e. The van der Waals surface area contributed by atoms with Crippen LogP contribution in [0.3, 0.4) is 0 Å². The zero-order chi connectivity index (χ0) is 15.8. The van der Waals surface area contributed by atoms with Crippen LogP contribution >= 0.6 is 11.3 Å². The highest BCUT2D eigenvalue weighted by atomic mass is 32.1. The molecule has 3 aliphatic rings. The van der Waals surface area contributed by atoms with Gasteiger partial charge < -0.3 is 15.0 Å². The topological polar surface area (TPSA) is 58.6 Å². The molecule has 0 aromatic carbocycles. The maximum absolute atomic E-state index is 12.6. The number of carbonyl (C=O) groups excluding carboxylic acids is 2. The van der Waals surface area contributed by atoms with Gasteiger partial charge in [-0.15, -0.1) is 11.3 Å². The van der Waals surface area contributed by atoms with E-state index in [0.29, 0.717) is 32.3 Å². The quantitative estimate of drug-likeness (QED) is 0.913. The van der Waals surface area contributed by atoms with E-state index in [-0.39, 0.29) is 17.7 Å². The zero-order valence-corrected chi connectivity index (χ0v) is 14.0. The lowest BCUT2D eigenvalue weighted by Crippen LogP contribution is -2.40. The molecule has 1 N–H and O–H groups in total. The number of thiophene rings is 1. The van der Waals surface area contributed by atoms with Crippen molar-refractivity contribution in [3.05, 3.63) is 21.4 Å². The summed E-state index contributed by atoms with van der Waals surface area (Å²) in [5, 5.41) is 3.11. The molecule has 0 unspecified atom stereocenters. The van der Waals surface area contributed by atoms with E-state index in [0.717, 1.165) is 37.0 Å². The van der Waals surface area contributed by atoms with Gasteiger partial charge in [-0.3, -0.25) is 9.59 Å². The van der Waals surface area contributed by atoms with Crippen LogP contribution in [0.25, 0.3) is 0 Å². The summed E-state index contributed by atoms with van der Waals surface area (Å²) in [5.41, 5.74) is 1.20. The van der Waals surface area contributed by atoms with Crippen LogP contribution in [0, 0.1) is 5.92 Å². The number of amides is 2. The summed E-state index contributed by atoms with van der Waals surface area (Å²) in [6.45, 7) is 2.60. The number of hydrogen-bond donors (Lipinski definition) is 1. The van der Waals surface area contributed by atoms with E-state index in [9.17, 15) is 9.59 Å². The van der Waals surface area contributed by atoms with E-state index < -0.39 is 0 Å². The van der Waals surface area contributed by atoms with Gasteiger partial charge >= 0.3 is 0 Å². The fourth-order valence-corrected chi connectivity index (χ4v) is 4.50. The predicted molar refractivity (Wildman–Crippen MR) is 87.7 cm³/mol. The number of hydrogen-bond acceptors (Lipinski definition) is 4. The van der Waals surface area contributed by atoms with Crippen LogP contribution in [0.2, 0.25) is 0 Å². The van der Waals surface area contributed by atoms with E-state index >= 15 is 0 Å². The Morgan fingerprint density at radius 1 is 1.22 bits per heavy atom. The molecule has 5 nitrogen and oxygen atoms in total. The molecule has 124 valence electrons. The van der Waals surface area contributed by atoms with Gasteiger partial charge in [-0.1, -0.05) is 0 Å². The Labute approximate surface area is 140 Å². The van der Waals surface area contributed by atoms with Crippen molar-refractivity contribution < 1.29 is 14.3 Å². The van der Waals surface area contributed by atoms with Gasteiger partial charge in [-0.05, 0) is 43.7 Å². The molecule has 1 saturated heterocycles. The maximum atomic E-state index is 12.6. The van der Waals surface area contributed by atoms with E-state index in [1.165, 1.54) is 10.4 Å². The number of fused-ring (bicyclic) bond motifs is 1. The third-order valence-corrected chi connectivity index (χ3v) is 6.11. The predicted octanol–water partition coefficient (Wildman–Crippen LogP) is 1.60. The molecule has 1 aromatic heterocycles. The molecule has 2 heterocycles. The Morgan fingerprint density at radius 2 is 2.00 bits per heavy atom. The second kappa shape index (κ2) is 6.24. The van der Waals surface area contributed by atoms with Crippen LogP contribution < -0.4 is 5.32 Å². The molecule has 2 aliphatic carbocycles. The lowest BCUT2D eigenvalue weighted by Gasteiger charge is -2.26. The highest BCUT2D eigenvalue weighted by Crippen LogP contribution is 2.33. The first-order valence-electron chi connectivity index (χ1n) is 8.49. The summed E-state index contributed by atoms with van der Waals surface area (Å²) in [6, 6.07) is 2.44. The fourth-order valence-electron chi connectivity index (χ4n) is 3.32. The minimum Gasteiger partial charge on any atom is -0.378 e. The molecule has 0 spiro atoms. The molecule has 1 aliphatic heterocycles. The average Bonchev–Trinajstić information content (AvgIpc) is 3.29. The van der Waals surface area contributed by atoms with Gasteiger partial charge in [0.1, 0.15) is 0 Å². The standard InChI is InChI=1S/C17H22N2O3S/c20-16(18-13-2-3-13)11-1-4-14-12(9-11)10-15(23-14)17(21)19-5-7-22-8-6-19/h10-11,13H,1-9H2,(H,18,20)/t11-/m1/s1. The largest absolute Gasteiger partial charge is 0.378 e.